The van der Waals surface area contributed by atoms with Crippen LogP contribution >= 0.6 is 0 Å². The van der Waals surface area contributed by atoms with Crippen molar-refractivity contribution < 1.29 is 17.9 Å². The van der Waals surface area contributed by atoms with Gasteiger partial charge in [0.1, 0.15) is 11.9 Å². The van der Waals surface area contributed by atoms with Crippen molar-refractivity contribution in [1.82, 2.24) is 9.21 Å². The van der Waals surface area contributed by atoms with Gasteiger partial charge in [0.05, 0.1) is 6.26 Å². The van der Waals surface area contributed by atoms with Crippen molar-refractivity contribution in [2.24, 2.45) is 5.73 Å². The lowest BCUT2D eigenvalue weighted by molar-refractivity contribution is 0.0789. The van der Waals surface area contributed by atoms with Crippen molar-refractivity contribution in [1.29, 1.82) is 0 Å². The summed E-state index contributed by atoms with van der Waals surface area (Å²) in [5.41, 5.74) is 6.47. The first-order chi connectivity index (χ1) is 11.8. The van der Waals surface area contributed by atoms with E-state index in [9.17, 15) is 13.2 Å². The number of rotatable bonds is 4. The molecule has 1 amide bonds. The first kappa shape index (κ1) is 18.2. The van der Waals surface area contributed by atoms with Crippen LogP contribution in [-0.2, 0) is 10.0 Å². The number of sulfonamides is 1. The number of ether oxygens (including phenoxy) is 1. The zero-order valence-corrected chi connectivity index (χ0v) is 15.2. The van der Waals surface area contributed by atoms with E-state index in [1.54, 1.807) is 17.0 Å². The van der Waals surface area contributed by atoms with E-state index in [2.05, 4.69) is 0 Å². The van der Waals surface area contributed by atoms with Gasteiger partial charge in [-0.15, -0.1) is 0 Å². The van der Waals surface area contributed by atoms with Crippen LogP contribution in [0.1, 0.15) is 29.6 Å². The van der Waals surface area contributed by atoms with Crippen molar-refractivity contribution in [3.63, 3.8) is 0 Å². The molecule has 138 valence electrons. The summed E-state index contributed by atoms with van der Waals surface area (Å²) >= 11 is 0. The van der Waals surface area contributed by atoms with Crippen LogP contribution < -0.4 is 10.5 Å². The Kier molecular flexibility index (Phi) is 5.31. The zero-order valence-electron chi connectivity index (χ0n) is 14.4. The number of hydrogen-bond acceptors (Lipinski definition) is 5. The molecule has 0 bridgehead atoms. The number of carbonyl (C=O) groups is 1. The maximum atomic E-state index is 12.5. The number of hydrogen-bond donors (Lipinski definition) is 1. The van der Waals surface area contributed by atoms with Gasteiger partial charge < -0.3 is 15.4 Å². The molecule has 2 aliphatic rings. The molecule has 3 rings (SSSR count). The molecule has 0 unspecified atom stereocenters. The summed E-state index contributed by atoms with van der Waals surface area (Å²) < 4.78 is 30.6. The van der Waals surface area contributed by atoms with Crippen LogP contribution in [0.4, 0.5) is 0 Å². The fraction of sp³-hybridized carbons (Fsp3) is 0.588. The number of nitrogens with zero attached hydrogens (tertiary/aromatic N) is 2. The molecular weight excluding hydrogens is 342 g/mol. The van der Waals surface area contributed by atoms with Crippen molar-refractivity contribution in [3.05, 3.63) is 29.8 Å². The zero-order chi connectivity index (χ0) is 18.0. The van der Waals surface area contributed by atoms with Crippen molar-refractivity contribution in [2.75, 3.05) is 32.4 Å². The SMILES string of the molecule is CS(=O)(=O)N1CCC(Oc2cccc(C(=O)N3CC[C@H](N)C3)c2)CC1. The third-order valence-corrected chi connectivity index (χ3v) is 6.07. The Balaban J connectivity index is 1.60. The molecule has 0 radical (unpaired) electrons. The molecule has 2 N–H and O–H groups in total. The molecule has 0 aliphatic carbocycles. The van der Waals surface area contributed by atoms with Gasteiger partial charge in [0.15, 0.2) is 0 Å². The normalized spacial score (nSPS) is 23.0. The molecule has 0 spiro atoms. The van der Waals surface area contributed by atoms with E-state index in [-0.39, 0.29) is 18.1 Å². The second-order valence-electron chi connectivity index (χ2n) is 6.81. The molecule has 7 nitrogen and oxygen atoms in total. The lowest BCUT2D eigenvalue weighted by Gasteiger charge is -2.30. The monoisotopic (exact) mass is 367 g/mol. The van der Waals surface area contributed by atoms with Crippen molar-refractivity contribution >= 4 is 15.9 Å². The summed E-state index contributed by atoms with van der Waals surface area (Å²) in [5.74, 6) is 0.623. The predicted molar refractivity (Wildman–Crippen MR) is 95.0 cm³/mol. The summed E-state index contributed by atoms with van der Waals surface area (Å²) in [6, 6.07) is 7.24. The third-order valence-electron chi connectivity index (χ3n) is 4.77. The summed E-state index contributed by atoms with van der Waals surface area (Å²) in [6.45, 7) is 2.21. The summed E-state index contributed by atoms with van der Waals surface area (Å²) in [7, 11) is -3.14. The highest BCUT2D eigenvalue weighted by molar-refractivity contribution is 7.88. The minimum atomic E-state index is -3.14. The molecule has 2 saturated heterocycles. The van der Waals surface area contributed by atoms with E-state index >= 15 is 0 Å². The molecule has 1 atom stereocenters. The number of nitrogens with two attached hydrogens (primary N) is 1. The topological polar surface area (TPSA) is 92.9 Å². The summed E-state index contributed by atoms with van der Waals surface area (Å²) in [6.07, 6.45) is 3.32. The van der Waals surface area contributed by atoms with Gasteiger partial charge in [-0.05, 0) is 37.5 Å². The maximum Gasteiger partial charge on any atom is 0.254 e. The Labute approximate surface area is 148 Å². The van der Waals surface area contributed by atoms with Crippen LogP contribution in [-0.4, -0.2) is 68.1 Å². The minimum absolute atomic E-state index is 0.0229. The molecule has 8 heteroatoms. The van der Waals surface area contributed by atoms with Gasteiger partial charge in [-0.2, -0.15) is 0 Å². The average molecular weight is 367 g/mol. The number of benzene rings is 1. The Morgan fingerprint density at radius 2 is 1.92 bits per heavy atom. The van der Waals surface area contributed by atoms with Gasteiger partial charge in [-0.25, -0.2) is 12.7 Å². The van der Waals surface area contributed by atoms with Crippen molar-refractivity contribution in [3.8, 4) is 5.75 Å². The standard InChI is InChI=1S/C17H25N3O4S/c1-25(22,23)20-9-6-15(7-10-20)24-16-4-2-3-13(11-16)17(21)19-8-5-14(18)12-19/h2-4,11,14-15H,5-10,12,18H2,1H3/t14-/m0/s1. The number of amides is 1. The maximum absolute atomic E-state index is 12.5. The van der Waals surface area contributed by atoms with Crippen LogP contribution in [0.3, 0.4) is 0 Å². The molecule has 0 saturated carbocycles. The molecule has 25 heavy (non-hydrogen) atoms. The largest absolute Gasteiger partial charge is 0.490 e. The van der Waals surface area contributed by atoms with Gasteiger partial charge in [-0.3, -0.25) is 4.79 Å². The van der Waals surface area contributed by atoms with E-state index in [0.29, 0.717) is 50.3 Å². The molecular formula is C17H25N3O4S. The Hall–Kier alpha value is -1.64. The highest BCUT2D eigenvalue weighted by atomic mass is 32.2. The fourth-order valence-corrected chi connectivity index (χ4v) is 4.20. The van der Waals surface area contributed by atoms with Gasteiger partial charge in [-0.1, -0.05) is 6.07 Å². The Morgan fingerprint density at radius 1 is 1.20 bits per heavy atom. The highest BCUT2D eigenvalue weighted by Crippen LogP contribution is 2.22. The second kappa shape index (κ2) is 7.31. The van der Waals surface area contributed by atoms with E-state index in [0.717, 1.165) is 6.42 Å². The fourth-order valence-electron chi connectivity index (χ4n) is 3.33. The molecule has 2 fully saturated rings. The second-order valence-corrected chi connectivity index (χ2v) is 8.79. The smallest absolute Gasteiger partial charge is 0.254 e. The molecule has 1 aromatic rings. The number of piperidine rings is 1. The van der Waals surface area contributed by atoms with E-state index in [4.69, 9.17) is 10.5 Å². The van der Waals surface area contributed by atoms with Crippen LogP contribution in [0.2, 0.25) is 0 Å². The van der Waals surface area contributed by atoms with Crippen LogP contribution in [0.15, 0.2) is 24.3 Å². The van der Waals surface area contributed by atoms with Gasteiger partial charge in [0, 0.05) is 37.8 Å². The first-order valence-electron chi connectivity index (χ1n) is 8.59. The van der Waals surface area contributed by atoms with Gasteiger partial charge >= 0.3 is 0 Å². The van der Waals surface area contributed by atoms with Crippen LogP contribution in [0.25, 0.3) is 0 Å². The average Bonchev–Trinajstić information content (AvgIpc) is 3.00. The number of likely N-dealkylation sites (tertiary alicyclic amines) is 1. The van der Waals surface area contributed by atoms with Gasteiger partial charge in [0.2, 0.25) is 10.0 Å². The van der Waals surface area contributed by atoms with Crippen molar-refractivity contribution in [2.45, 2.75) is 31.4 Å². The molecule has 2 aliphatic heterocycles. The van der Waals surface area contributed by atoms with E-state index < -0.39 is 10.0 Å². The van der Waals surface area contributed by atoms with E-state index in [1.807, 2.05) is 12.1 Å². The summed E-state index contributed by atoms with van der Waals surface area (Å²) in [5, 5.41) is 0. The quantitative estimate of drug-likeness (QED) is 0.844. The van der Waals surface area contributed by atoms with Crippen LogP contribution in [0, 0.1) is 0 Å². The van der Waals surface area contributed by atoms with Crippen LogP contribution in [0.5, 0.6) is 5.75 Å². The minimum Gasteiger partial charge on any atom is -0.490 e. The Morgan fingerprint density at radius 3 is 2.52 bits per heavy atom. The molecule has 2 heterocycles. The predicted octanol–water partition coefficient (Wildman–Crippen LogP) is 0.663. The lowest BCUT2D eigenvalue weighted by atomic mass is 10.1. The third kappa shape index (κ3) is 4.50. The lowest BCUT2D eigenvalue weighted by Crippen LogP contribution is -2.41. The molecule has 0 aromatic heterocycles. The highest BCUT2D eigenvalue weighted by Gasteiger charge is 2.27. The van der Waals surface area contributed by atoms with Gasteiger partial charge in [0.25, 0.3) is 5.91 Å². The first-order valence-corrected chi connectivity index (χ1v) is 10.4. The summed E-state index contributed by atoms with van der Waals surface area (Å²) in [4.78, 5) is 14.3. The molecule has 1 aromatic carbocycles. The number of carbonyl (C=O) groups excluding carboxylic acids is 1. The Bertz CT molecular complexity index is 729. The van der Waals surface area contributed by atoms with E-state index in [1.165, 1.54) is 10.6 Å².